The van der Waals surface area contributed by atoms with E-state index in [0.717, 1.165) is 11.5 Å². The zero-order valence-corrected chi connectivity index (χ0v) is 14.8. The van der Waals surface area contributed by atoms with Crippen LogP contribution in [0, 0.1) is 0 Å². The summed E-state index contributed by atoms with van der Waals surface area (Å²) in [5, 5.41) is 14.3. The molecular weight excluding hydrogens is 399 g/mol. The Kier molecular flexibility index (Phi) is 7.57. The van der Waals surface area contributed by atoms with Gasteiger partial charge in [0.25, 0.3) is 0 Å². The van der Waals surface area contributed by atoms with Crippen molar-refractivity contribution >= 4 is 41.6 Å². The molecule has 0 fully saturated rings. The van der Waals surface area contributed by atoms with E-state index in [1.54, 1.807) is 7.05 Å². The molecule has 0 aliphatic rings. The van der Waals surface area contributed by atoms with Crippen LogP contribution < -0.4 is 10.6 Å². The summed E-state index contributed by atoms with van der Waals surface area (Å²) in [5.41, 5.74) is 0.794. The molecule has 2 rings (SSSR count). The van der Waals surface area contributed by atoms with Crippen molar-refractivity contribution < 1.29 is 9.53 Å². The average molecular weight is 418 g/mol. The topological polar surface area (TPSA) is 92.9 Å². The SMILES string of the molecule is CN=C(NCCC(=O)OC)NCc1nnc2ccccn12.I. The van der Waals surface area contributed by atoms with Gasteiger partial charge in [-0.15, -0.1) is 34.2 Å². The standard InChI is InChI=1S/C13H18N6O2.HI/c1-14-13(15-7-6-12(20)21-2)16-9-11-18-17-10-5-3-4-8-19(10)11;/h3-5,8H,6-7,9H2,1-2H3,(H2,14,15,16);1H. The fraction of sp³-hybridized carbons (Fsp3) is 0.385. The monoisotopic (exact) mass is 418 g/mol. The summed E-state index contributed by atoms with van der Waals surface area (Å²) < 4.78 is 6.47. The molecule has 2 N–H and O–H groups in total. The Bertz CT molecular complexity index is 642. The summed E-state index contributed by atoms with van der Waals surface area (Å²) >= 11 is 0. The first-order valence-electron chi connectivity index (χ1n) is 6.54. The number of ether oxygens (including phenoxy) is 1. The third-order valence-corrected chi connectivity index (χ3v) is 2.87. The van der Waals surface area contributed by atoms with Gasteiger partial charge in [-0.05, 0) is 12.1 Å². The molecule has 22 heavy (non-hydrogen) atoms. The maximum Gasteiger partial charge on any atom is 0.307 e. The highest BCUT2D eigenvalue weighted by molar-refractivity contribution is 14.0. The molecule has 0 atom stereocenters. The Balaban J connectivity index is 0.00000242. The molecule has 0 bridgehead atoms. The number of hydrogen-bond donors (Lipinski definition) is 2. The third-order valence-electron chi connectivity index (χ3n) is 2.87. The fourth-order valence-electron chi connectivity index (χ4n) is 1.78. The van der Waals surface area contributed by atoms with Crippen molar-refractivity contribution in [2.45, 2.75) is 13.0 Å². The Morgan fingerprint density at radius 3 is 2.91 bits per heavy atom. The lowest BCUT2D eigenvalue weighted by molar-refractivity contribution is -0.140. The number of rotatable bonds is 5. The second-order valence-corrected chi connectivity index (χ2v) is 4.22. The zero-order valence-electron chi connectivity index (χ0n) is 12.4. The summed E-state index contributed by atoms with van der Waals surface area (Å²) in [4.78, 5) is 15.1. The van der Waals surface area contributed by atoms with E-state index in [9.17, 15) is 4.79 Å². The zero-order chi connectivity index (χ0) is 15.1. The smallest absolute Gasteiger partial charge is 0.307 e. The molecule has 0 amide bonds. The van der Waals surface area contributed by atoms with Gasteiger partial charge >= 0.3 is 5.97 Å². The van der Waals surface area contributed by atoms with Crippen LogP contribution in [0.1, 0.15) is 12.2 Å². The second-order valence-electron chi connectivity index (χ2n) is 4.22. The van der Waals surface area contributed by atoms with Gasteiger partial charge in [-0.1, -0.05) is 6.07 Å². The van der Waals surface area contributed by atoms with Crippen molar-refractivity contribution in [3.8, 4) is 0 Å². The molecule has 8 nitrogen and oxygen atoms in total. The van der Waals surface area contributed by atoms with Crippen LogP contribution in [-0.4, -0.2) is 47.2 Å². The average Bonchev–Trinajstić information content (AvgIpc) is 2.93. The number of halogens is 1. The summed E-state index contributed by atoms with van der Waals surface area (Å²) in [6, 6.07) is 5.72. The number of aliphatic imine (C=N–C) groups is 1. The van der Waals surface area contributed by atoms with Crippen LogP contribution in [0.5, 0.6) is 0 Å². The highest BCUT2D eigenvalue weighted by Crippen LogP contribution is 2.02. The minimum atomic E-state index is -0.263. The van der Waals surface area contributed by atoms with E-state index in [-0.39, 0.29) is 36.4 Å². The number of nitrogens with zero attached hydrogens (tertiary/aromatic N) is 4. The molecule has 2 aromatic rings. The first kappa shape index (κ1) is 18.1. The third kappa shape index (κ3) is 4.83. The second kappa shape index (κ2) is 9.18. The lowest BCUT2D eigenvalue weighted by Gasteiger charge is -2.10. The Labute approximate surface area is 145 Å². The Morgan fingerprint density at radius 1 is 1.36 bits per heavy atom. The maximum atomic E-state index is 11.0. The highest BCUT2D eigenvalue weighted by atomic mass is 127. The molecule has 2 heterocycles. The minimum Gasteiger partial charge on any atom is -0.469 e. The number of methoxy groups -OCH3 is 1. The molecule has 120 valence electrons. The molecule has 0 radical (unpaired) electrons. The van der Waals surface area contributed by atoms with Crippen LogP contribution in [-0.2, 0) is 16.1 Å². The minimum absolute atomic E-state index is 0. The van der Waals surface area contributed by atoms with Gasteiger partial charge in [-0.3, -0.25) is 14.2 Å². The van der Waals surface area contributed by atoms with E-state index < -0.39 is 0 Å². The lowest BCUT2D eigenvalue weighted by Crippen LogP contribution is -2.38. The largest absolute Gasteiger partial charge is 0.469 e. The van der Waals surface area contributed by atoms with Crippen LogP contribution >= 0.6 is 24.0 Å². The van der Waals surface area contributed by atoms with E-state index in [1.165, 1.54) is 7.11 Å². The van der Waals surface area contributed by atoms with Crippen molar-refractivity contribution in [2.75, 3.05) is 20.7 Å². The van der Waals surface area contributed by atoms with E-state index in [2.05, 4.69) is 30.6 Å². The van der Waals surface area contributed by atoms with E-state index in [4.69, 9.17) is 0 Å². The number of aromatic nitrogens is 3. The first-order valence-corrected chi connectivity index (χ1v) is 6.54. The van der Waals surface area contributed by atoms with E-state index in [0.29, 0.717) is 19.0 Å². The fourth-order valence-corrected chi connectivity index (χ4v) is 1.78. The predicted octanol–water partition coefficient (Wildman–Crippen LogP) is 0.575. The molecule has 0 saturated carbocycles. The number of esters is 1. The van der Waals surface area contributed by atoms with Gasteiger partial charge in [0.05, 0.1) is 20.1 Å². The van der Waals surface area contributed by atoms with Gasteiger partial charge in [0.2, 0.25) is 0 Å². The highest BCUT2D eigenvalue weighted by Gasteiger charge is 2.06. The Morgan fingerprint density at radius 2 is 2.18 bits per heavy atom. The van der Waals surface area contributed by atoms with E-state index in [1.807, 2.05) is 28.8 Å². The molecule has 0 aromatic carbocycles. The van der Waals surface area contributed by atoms with Gasteiger partial charge in [-0.2, -0.15) is 0 Å². The Hall–Kier alpha value is -1.91. The lowest BCUT2D eigenvalue weighted by atomic mass is 10.4. The molecular formula is C13H19IN6O2. The summed E-state index contributed by atoms with van der Waals surface area (Å²) in [5.74, 6) is 1.11. The molecule has 9 heteroatoms. The molecule has 2 aromatic heterocycles. The number of carbonyl (C=O) groups excluding carboxylic acids is 1. The predicted molar refractivity (Wildman–Crippen MR) is 93.2 cm³/mol. The van der Waals surface area contributed by atoms with Gasteiger partial charge in [0.1, 0.15) is 0 Å². The quantitative estimate of drug-likeness (QED) is 0.320. The van der Waals surface area contributed by atoms with Crippen molar-refractivity contribution in [1.29, 1.82) is 0 Å². The van der Waals surface area contributed by atoms with E-state index >= 15 is 0 Å². The molecule has 0 saturated heterocycles. The summed E-state index contributed by atoms with van der Waals surface area (Å²) in [6.07, 6.45) is 2.19. The molecule has 0 aliphatic carbocycles. The maximum absolute atomic E-state index is 11.0. The number of guanidine groups is 1. The van der Waals surface area contributed by atoms with Crippen molar-refractivity contribution in [3.63, 3.8) is 0 Å². The van der Waals surface area contributed by atoms with Gasteiger partial charge in [-0.25, -0.2) is 0 Å². The van der Waals surface area contributed by atoms with Crippen LogP contribution in [0.2, 0.25) is 0 Å². The number of nitrogens with one attached hydrogen (secondary N) is 2. The van der Waals surface area contributed by atoms with Crippen LogP contribution in [0.25, 0.3) is 5.65 Å². The van der Waals surface area contributed by atoms with Crippen LogP contribution in [0.4, 0.5) is 0 Å². The van der Waals surface area contributed by atoms with Crippen molar-refractivity contribution in [3.05, 3.63) is 30.2 Å². The number of fused-ring (bicyclic) bond motifs is 1. The van der Waals surface area contributed by atoms with Crippen molar-refractivity contribution in [1.82, 2.24) is 25.2 Å². The molecule has 0 spiro atoms. The number of carbonyl (C=O) groups is 1. The van der Waals surface area contributed by atoms with Crippen LogP contribution in [0.15, 0.2) is 29.4 Å². The van der Waals surface area contributed by atoms with Gasteiger partial charge in [0, 0.05) is 19.8 Å². The van der Waals surface area contributed by atoms with Crippen LogP contribution in [0.3, 0.4) is 0 Å². The number of hydrogen-bond acceptors (Lipinski definition) is 5. The van der Waals surface area contributed by atoms with Gasteiger partial charge < -0.3 is 15.4 Å². The van der Waals surface area contributed by atoms with Crippen molar-refractivity contribution in [2.24, 2.45) is 4.99 Å². The molecule has 0 unspecified atom stereocenters. The normalized spacial score (nSPS) is 10.9. The number of pyridine rings is 1. The first-order chi connectivity index (χ1) is 10.2. The summed E-state index contributed by atoms with van der Waals surface area (Å²) in [6.45, 7) is 0.927. The van der Waals surface area contributed by atoms with Gasteiger partial charge in [0.15, 0.2) is 17.4 Å². The summed E-state index contributed by atoms with van der Waals surface area (Å²) in [7, 11) is 3.03. The molecule has 0 aliphatic heterocycles.